The van der Waals surface area contributed by atoms with Crippen molar-refractivity contribution in [2.75, 3.05) is 20.3 Å². The smallest absolute Gasteiger partial charge is 0.306 e. The van der Waals surface area contributed by atoms with Gasteiger partial charge < -0.3 is 14.8 Å². The number of carbonyl (C=O) groups is 2. The summed E-state index contributed by atoms with van der Waals surface area (Å²) in [6.45, 7) is 6.32. The third-order valence-corrected chi connectivity index (χ3v) is 1.60. The van der Waals surface area contributed by atoms with Gasteiger partial charge in [0.2, 0.25) is 5.91 Å². The van der Waals surface area contributed by atoms with Crippen LogP contribution in [0.5, 0.6) is 0 Å². The quantitative estimate of drug-likeness (QED) is 0.544. The van der Waals surface area contributed by atoms with E-state index in [-0.39, 0.29) is 24.7 Å². The van der Waals surface area contributed by atoms with E-state index in [9.17, 15) is 9.59 Å². The third-order valence-electron chi connectivity index (χ3n) is 1.60. The second kappa shape index (κ2) is 7.22. The summed E-state index contributed by atoms with van der Waals surface area (Å²) in [5, 5.41) is 2.63. The van der Waals surface area contributed by atoms with Crippen molar-refractivity contribution in [2.45, 2.75) is 39.2 Å². The van der Waals surface area contributed by atoms with Crippen LogP contribution in [0.15, 0.2) is 0 Å². The van der Waals surface area contributed by atoms with Crippen LogP contribution in [0.4, 0.5) is 0 Å². The Labute approximate surface area is 96.5 Å². The summed E-state index contributed by atoms with van der Waals surface area (Å²) < 4.78 is 9.85. The van der Waals surface area contributed by atoms with Crippen molar-refractivity contribution in [3.8, 4) is 0 Å². The van der Waals surface area contributed by atoms with Crippen molar-refractivity contribution < 1.29 is 19.1 Å². The van der Waals surface area contributed by atoms with E-state index in [0.717, 1.165) is 0 Å². The molecule has 1 amide bonds. The maximum atomic E-state index is 11.3. The number of nitrogens with one attached hydrogen (secondary N) is 1. The lowest BCUT2D eigenvalue weighted by molar-refractivity contribution is -0.155. The maximum Gasteiger partial charge on any atom is 0.306 e. The Morgan fingerprint density at radius 2 is 1.81 bits per heavy atom. The Morgan fingerprint density at radius 1 is 1.19 bits per heavy atom. The van der Waals surface area contributed by atoms with Gasteiger partial charge in [-0.25, -0.2) is 0 Å². The summed E-state index contributed by atoms with van der Waals surface area (Å²) in [5.74, 6) is -0.516. The average Bonchev–Trinajstić information content (AvgIpc) is 2.12. The first kappa shape index (κ1) is 14.9. The second-order valence-corrected chi connectivity index (χ2v) is 4.43. The third kappa shape index (κ3) is 9.45. The van der Waals surface area contributed by atoms with Crippen LogP contribution in [0.25, 0.3) is 0 Å². The molecule has 1 N–H and O–H groups in total. The molecule has 0 bridgehead atoms. The van der Waals surface area contributed by atoms with E-state index in [1.165, 1.54) is 0 Å². The van der Waals surface area contributed by atoms with E-state index in [2.05, 4.69) is 5.32 Å². The highest BCUT2D eigenvalue weighted by Crippen LogP contribution is 2.08. The molecular weight excluding hydrogens is 210 g/mol. The van der Waals surface area contributed by atoms with Crippen LogP contribution >= 0.6 is 0 Å². The van der Waals surface area contributed by atoms with Crippen LogP contribution in [0.3, 0.4) is 0 Å². The molecule has 0 spiro atoms. The molecule has 0 unspecified atom stereocenters. The van der Waals surface area contributed by atoms with Crippen molar-refractivity contribution in [2.24, 2.45) is 0 Å². The van der Waals surface area contributed by atoms with Crippen LogP contribution in [0.1, 0.15) is 33.6 Å². The molecular formula is C11H21NO4. The highest BCUT2D eigenvalue weighted by molar-refractivity contribution is 5.81. The predicted molar refractivity (Wildman–Crippen MR) is 60.0 cm³/mol. The second-order valence-electron chi connectivity index (χ2n) is 4.43. The molecule has 0 rings (SSSR count). The Balaban J connectivity index is 3.63. The molecule has 0 aliphatic rings. The molecule has 0 radical (unpaired) electrons. The van der Waals surface area contributed by atoms with E-state index in [1.807, 2.05) is 0 Å². The summed E-state index contributed by atoms with van der Waals surface area (Å²) in [6.07, 6.45) is 0.259. The first-order valence-corrected chi connectivity index (χ1v) is 5.32. The monoisotopic (exact) mass is 231 g/mol. The number of ether oxygens (including phenoxy) is 2. The van der Waals surface area contributed by atoms with Crippen molar-refractivity contribution in [3.05, 3.63) is 0 Å². The zero-order chi connectivity index (χ0) is 12.6. The molecule has 5 heteroatoms. The van der Waals surface area contributed by atoms with Gasteiger partial charge in [-0.05, 0) is 20.8 Å². The SMILES string of the molecule is COCCNC(=O)CCC(=O)OC(C)(C)C. The highest BCUT2D eigenvalue weighted by Gasteiger charge is 2.16. The van der Waals surface area contributed by atoms with Gasteiger partial charge in [0.15, 0.2) is 0 Å². The van der Waals surface area contributed by atoms with Crippen molar-refractivity contribution in [1.29, 1.82) is 0 Å². The number of rotatable bonds is 6. The number of hydrogen-bond donors (Lipinski definition) is 1. The lowest BCUT2D eigenvalue weighted by atomic mass is 10.2. The lowest BCUT2D eigenvalue weighted by Gasteiger charge is -2.19. The van der Waals surface area contributed by atoms with Gasteiger partial charge in [-0.15, -0.1) is 0 Å². The Kier molecular flexibility index (Phi) is 6.72. The minimum atomic E-state index is -0.496. The first-order valence-electron chi connectivity index (χ1n) is 5.32. The first-order chi connectivity index (χ1) is 7.35. The van der Waals surface area contributed by atoms with Gasteiger partial charge in [0.25, 0.3) is 0 Å². The van der Waals surface area contributed by atoms with Crippen LogP contribution < -0.4 is 5.32 Å². The lowest BCUT2D eigenvalue weighted by Crippen LogP contribution is -2.29. The fraction of sp³-hybridized carbons (Fsp3) is 0.818. The summed E-state index contributed by atoms with van der Waals surface area (Å²) in [7, 11) is 1.56. The van der Waals surface area contributed by atoms with Gasteiger partial charge in [0, 0.05) is 20.1 Å². The predicted octanol–water partition coefficient (Wildman–Crippen LogP) is 0.871. The fourth-order valence-corrected chi connectivity index (χ4v) is 0.989. The maximum absolute atomic E-state index is 11.3. The number of hydrogen-bond acceptors (Lipinski definition) is 4. The van der Waals surface area contributed by atoms with Gasteiger partial charge >= 0.3 is 5.97 Å². The van der Waals surface area contributed by atoms with Crippen molar-refractivity contribution >= 4 is 11.9 Å². The number of methoxy groups -OCH3 is 1. The molecule has 0 heterocycles. The van der Waals surface area contributed by atoms with Crippen molar-refractivity contribution in [1.82, 2.24) is 5.32 Å². The van der Waals surface area contributed by atoms with Crippen LogP contribution in [0, 0.1) is 0 Å². The minimum absolute atomic E-state index is 0.107. The van der Waals surface area contributed by atoms with Gasteiger partial charge in [0.1, 0.15) is 5.60 Å². The Hall–Kier alpha value is -1.10. The number of esters is 1. The van der Waals surface area contributed by atoms with E-state index >= 15 is 0 Å². The normalized spacial score (nSPS) is 11.0. The zero-order valence-corrected chi connectivity index (χ0v) is 10.5. The van der Waals surface area contributed by atoms with Crippen LogP contribution in [0.2, 0.25) is 0 Å². The fourth-order valence-electron chi connectivity index (χ4n) is 0.989. The molecule has 5 nitrogen and oxygen atoms in total. The number of carbonyl (C=O) groups excluding carboxylic acids is 2. The zero-order valence-electron chi connectivity index (χ0n) is 10.5. The summed E-state index contributed by atoms with van der Waals surface area (Å²) >= 11 is 0. The Bertz CT molecular complexity index is 233. The van der Waals surface area contributed by atoms with E-state index in [0.29, 0.717) is 13.2 Å². The van der Waals surface area contributed by atoms with Crippen LogP contribution in [-0.4, -0.2) is 37.7 Å². The molecule has 0 fully saturated rings. The van der Waals surface area contributed by atoms with Crippen molar-refractivity contribution in [3.63, 3.8) is 0 Å². The van der Waals surface area contributed by atoms with E-state index in [4.69, 9.17) is 9.47 Å². The standard InChI is InChI=1S/C11H21NO4/c1-11(2,3)16-10(14)6-5-9(13)12-7-8-15-4/h5-8H2,1-4H3,(H,12,13). The average molecular weight is 231 g/mol. The largest absolute Gasteiger partial charge is 0.460 e. The summed E-state index contributed by atoms with van der Waals surface area (Å²) in [6, 6.07) is 0. The molecule has 94 valence electrons. The minimum Gasteiger partial charge on any atom is -0.460 e. The molecule has 0 aromatic rings. The van der Waals surface area contributed by atoms with Gasteiger partial charge in [-0.2, -0.15) is 0 Å². The molecule has 0 aliphatic heterocycles. The topological polar surface area (TPSA) is 64.6 Å². The molecule has 0 aromatic carbocycles. The van der Waals surface area contributed by atoms with E-state index in [1.54, 1.807) is 27.9 Å². The molecule has 0 saturated heterocycles. The van der Waals surface area contributed by atoms with Gasteiger partial charge in [0.05, 0.1) is 13.0 Å². The van der Waals surface area contributed by atoms with Gasteiger partial charge in [-0.3, -0.25) is 9.59 Å². The molecule has 0 saturated carbocycles. The molecule has 16 heavy (non-hydrogen) atoms. The van der Waals surface area contributed by atoms with Gasteiger partial charge in [-0.1, -0.05) is 0 Å². The molecule has 0 aromatic heterocycles. The van der Waals surface area contributed by atoms with E-state index < -0.39 is 5.60 Å². The van der Waals surface area contributed by atoms with Crippen LogP contribution in [-0.2, 0) is 19.1 Å². The molecule has 0 aliphatic carbocycles. The summed E-state index contributed by atoms with van der Waals surface area (Å²) in [5.41, 5.74) is -0.496. The number of amides is 1. The summed E-state index contributed by atoms with van der Waals surface area (Å²) in [4.78, 5) is 22.5. The highest BCUT2D eigenvalue weighted by atomic mass is 16.6. The molecule has 0 atom stereocenters. The Morgan fingerprint density at radius 3 is 2.31 bits per heavy atom.